The molecule has 0 fully saturated rings. The van der Waals surface area contributed by atoms with Gasteiger partial charge in [0.1, 0.15) is 0 Å². The van der Waals surface area contributed by atoms with Crippen molar-refractivity contribution in [2.24, 2.45) is 9.98 Å². The van der Waals surface area contributed by atoms with Gasteiger partial charge in [-0.05, 0) is 168 Å². The first-order valence-electron chi connectivity index (χ1n) is 32.2. The van der Waals surface area contributed by atoms with E-state index in [-0.39, 0.29) is 23.6 Å². The van der Waals surface area contributed by atoms with Crippen molar-refractivity contribution < 1.29 is 19.2 Å². The van der Waals surface area contributed by atoms with E-state index in [1.807, 2.05) is 188 Å². The van der Waals surface area contributed by atoms with Crippen molar-refractivity contribution in [1.82, 2.24) is 10.3 Å². The molecule has 8 bridgehead atoms. The molecule has 4 atom stereocenters. The number of aliphatic imine (C=N–C) groups is 2. The molecule has 0 spiro atoms. The predicted molar refractivity (Wildman–Crippen MR) is 377 cm³/mol. The van der Waals surface area contributed by atoms with Crippen LogP contribution in [0.25, 0.3) is 11.1 Å². The van der Waals surface area contributed by atoms with Crippen LogP contribution < -0.4 is 26.6 Å². The summed E-state index contributed by atoms with van der Waals surface area (Å²) in [6.07, 6.45) is 16.6. The number of aryl methyl sites for hydroxylation is 4. The molecule has 0 saturated heterocycles. The summed E-state index contributed by atoms with van der Waals surface area (Å²) in [5, 5.41) is 17.2. The van der Waals surface area contributed by atoms with Crippen molar-refractivity contribution in [3.63, 3.8) is 0 Å². The molecule has 0 saturated carbocycles. The Morgan fingerprint density at radius 2 is 0.914 bits per heavy atom. The van der Waals surface area contributed by atoms with Crippen LogP contribution in [0.4, 0.5) is 22.7 Å². The zero-order valence-corrected chi connectivity index (χ0v) is 52.5. The number of anilines is 4. The molecule has 4 unspecified atom stereocenters. The molecule has 12 heteroatoms. The fraction of sp³-hybridized carbons (Fsp3) is 0.160. The maximum atomic E-state index is 14.5. The third-order valence-corrected chi connectivity index (χ3v) is 17.8. The number of hydrogen-bond donors (Lipinski definition) is 6. The number of fused-ring (bicyclic) bond motifs is 6. The van der Waals surface area contributed by atoms with E-state index in [1.54, 1.807) is 0 Å². The molecular weight excluding hydrogens is 1150 g/mol. The summed E-state index contributed by atoms with van der Waals surface area (Å²) >= 11 is 0. The lowest BCUT2D eigenvalue weighted by atomic mass is 9.86. The molecule has 8 aromatic carbocycles. The highest BCUT2D eigenvalue weighted by atomic mass is 16.2. The number of para-hydroxylation sites is 4. The van der Waals surface area contributed by atoms with Crippen molar-refractivity contribution >= 4 is 68.9 Å². The van der Waals surface area contributed by atoms with Crippen LogP contribution >= 0.6 is 0 Å². The van der Waals surface area contributed by atoms with Crippen LogP contribution in [0, 0.1) is 0 Å². The van der Waals surface area contributed by atoms with Gasteiger partial charge in [0.05, 0.1) is 35.3 Å². The second kappa shape index (κ2) is 27.1. The number of rotatable bonds is 17. The van der Waals surface area contributed by atoms with E-state index in [2.05, 4.69) is 114 Å². The predicted octanol–water partition coefficient (Wildman–Crippen LogP) is 16.7. The fourth-order valence-electron chi connectivity index (χ4n) is 13.1. The summed E-state index contributed by atoms with van der Waals surface area (Å²) in [6.45, 7) is 8.34. The number of amides is 4. The second-order valence-electron chi connectivity index (χ2n) is 23.8. The van der Waals surface area contributed by atoms with Crippen LogP contribution in [0.2, 0.25) is 0 Å². The molecule has 6 N–H and O–H groups in total. The van der Waals surface area contributed by atoms with Gasteiger partial charge in [-0.25, -0.2) is 4.99 Å². The van der Waals surface area contributed by atoms with Gasteiger partial charge in [-0.1, -0.05) is 168 Å². The van der Waals surface area contributed by atoms with E-state index < -0.39 is 23.9 Å². The normalized spacial score (nSPS) is 18.5. The monoisotopic (exact) mass is 1220 g/mol. The Hall–Kier alpha value is -11.2. The molecule has 460 valence electrons. The molecule has 4 amide bonds. The van der Waals surface area contributed by atoms with Crippen LogP contribution in [0.5, 0.6) is 0 Å². The highest BCUT2D eigenvalue weighted by molar-refractivity contribution is 6.33. The Balaban J connectivity index is 1.02. The Bertz CT molecular complexity index is 4650. The molecule has 5 heterocycles. The maximum absolute atomic E-state index is 14.5. The number of H-pyrrole nitrogens is 1. The number of carbonyl (C=O) groups excluding carboxylic acids is 4. The first kappa shape index (κ1) is 60.7. The van der Waals surface area contributed by atoms with E-state index >= 15 is 0 Å². The van der Waals surface area contributed by atoms with Crippen LogP contribution in [0.3, 0.4) is 0 Å². The minimum absolute atomic E-state index is 0.227. The number of hydrogen-bond acceptors (Lipinski definition) is 7. The Morgan fingerprint density at radius 3 is 1.45 bits per heavy atom. The molecule has 4 aliphatic heterocycles. The van der Waals surface area contributed by atoms with Gasteiger partial charge in [0.15, 0.2) is 0 Å². The molecule has 0 radical (unpaired) electrons. The Kier molecular flexibility index (Phi) is 17.7. The summed E-state index contributed by atoms with van der Waals surface area (Å²) in [5.74, 6) is -1.98. The zero-order valence-electron chi connectivity index (χ0n) is 52.5. The van der Waals surface area contributed by atoms with Crippen LogP contribution in [0.15, 0.2) is 264 Å². The largest absolute Gasteiger partial charge is 0.377 e. The Labute approximate surface area is 542 Å². The van der Waals surface area contributed by atoms with Gasteiger partial charge >= 0.3 is 0 Å². The summed E-state index contributed by atoms with van der Waals surface area (Å²) in [4.78, 5) is 73.2. The lowest BCUT2D eigenvalue weighted by Gasteiger charge is -2.28. The van der Waals surface area contributed by atoms with E-state index in [0.29, 0.717) is 73.2 Å². The van der Waals surface area contributed by atoms with Crippen molar-refractivity contribution in [3.05, 3.63) is 332 Å². The van der Waals surface area contributed by atoms with E-state index in [1.165, 1.54) is 0 Å². The highest BCUT2D eigenvalue weighted by Crippen LogP contribution is 2.44. The first-order chi connectivity index (χ1) is 45.5. The van der Waals surface area contributed by atoms with Gasteiger partial charge in [0.2, 0.25) is 0 Å². The van der Waals surface area contributed by atoms with E-state index in [0.717, 1.165) is 93.7 Å². The molecule has 0 aliphatic carbocycles. The Morgan fingerprint density at radius 1 is 0.441 bits per heavy atom. The van der Waals surface area contributed by atoms with Crippen LogP contribution in [-0.2, 0) is 25.7 Å². The number of allylic oxidation sites excluding steroid dienone is 5. The summed E-state index contributed by atoms with van der Waals surface area (Å²) < 4.78 is 0. The first-order valence-corrected chi connectivity index (χ1v) is 32.2. The van der Waals surface area contributed by atoms with Gasteiger partial charge in [0.25, 0.3) is 23.6 Å². The van der Waals surface area contributed by atoms with Crippen LogP contribution in [0.1, 0.15) is 143 Å². The number of nitrogens with zero attached hydrogens (tertiary/aromatic N) is 2. The van der Waals surface area contributed by atoms with Crippen molar-refractivity contribution in [2.45, 2.75) is 83.7 Å². The minimum Gasteiger partial charge on any atom is -0.377 e. The SMILES string of the molecule is CCCc1cccc(C(=O)Nc2ccccc2C2c3ccc([nH]3)/C(c3ccccc3NC(=O)c3cccc(CC)c3)=C3/C=CC(=N3)/C(c3ccccc3NC(=O)c3cccc(CC)c3)=C3/C=CC(N3)C(c3ccccc3NC(=O)c3cccc(CC)c3)C3=NC2C=C3)c1. The van der Waals surface area contributed by atoms with Crippen molar-refractivity contribution in [2.75, 3.05) is 21.3 Å². The molecule has 12 nitrogen and oxygen atoms in total. The highest BCUT2D eigenvalue weighted by Gasteiger charge is 2.38. The van der Waals surface area contributed by atoms with Crippen LogP contribution in [-0.4, -0.2) is 52.1 Å². The molecule has 93 heavy (non-hydrogen) atoms. The smallest absolute Gasteiger partial charge is 0.255 e. The standard InChI is InChI=1S/C81H72N8O4/c1-5-21-53-25-20-29-57(49-53)81(93)89-65-37-16-12-33-61(65)77-72-44-42-70(84-72)75(59-31-10-14-35-63(59)87-79(91)55-27-18-23-51(7-3)47-55)68-40-38-66(82-68)74(58-30-9-13-34-62(58)86-78(90)54-26-17-22-50(6-2)46-54)67-39-41-69(83-67)76(71-43-45-73(77)85-71)60-32-11-15-36-64(60)88-80(92)56-28-19-24-52(8-4)48-56/h9-20,22-49,68,72,75,77,82,85H,5-8,21H2,1-4H3,(H,86,90)(H,87,91)(H,88,92)(H,89,93)/b74-66-,76-69-. The quantitative estimate of drug-likeness (QED) is 0.0533. The van der Waals surface area contributed by atoms with E-state index in [4.69, 9.17) is 9.98 Å². The van der Waals surface area contributed by atoms with Gasteiger partial charge in [0, 0.05) is 90.1 Å². The number of aromatic nitrogens is 1. The number of aromatic amines is 1. The fourth-order valence-corrected chi connectivity index (χ4v) is 13.1. The molecular formula is C81H72N8O4. The summed E-state index contributed by atoms with van der Waals surface area (Å²) in [7, 11) is 0. The third-order valence-electron chi connectivity index (χ3n) is 17.8. The maximum Gasteiger partial charge on any atom is 0.255 e. The van der Waals surface area contributed by atoms with E-state index in [9.17, 15) is 19.2 Å². The topological polar surface area (TPSA) is 169 Å². The average molecular weight is 1220 g/mol. The molecule has 13 rings (SSSR count). The van der Waals surface area contributed by atoms with Gasteiger partial charge in [-0.3, -0.25) is 24.2 Å². The van der Waals surface area contributed by atoms with Crippen molar-refractivity contribution in [3.8, 4) is 0 Å². The average Bonchev–Trinajstić information content (AvgIpc) is 1.66. The number of carbonyl (C=O) groups is 4. The van der Waals surface area contributed by atoms with Gasteiger partial charge in [-0.2, -0.15) is 0 Å². The van der Waals surface area contributed by atoms with Gasteiger partial charge in [-0.15, -0.1) is 0 Å². The second-order valence-corrected chi connectivity index (χ2v) is 23.8. The zero-order chi connectivity index (χ0) is 64.0. The lowest BCUT2D eigenvalue weighted by molar-refractivity contribution is 0.101. The van der Waals surface area contributed by atoms with Gasteiger partial charge < -0.3 is 31.6 Å². The number of nitrogens with one attached hydrogen (secondary N) is 6. The summed E-state index contributed by atoms with van der Waals surface area (Å²) in [5.41, 5.74) is 17.7. The lowest BCUT2D eigenvalue weighted by Crippen LogP contribution is -2.34. The number of benzene rings is 8. The molecule has 1 aromatic heterocycles. The summed E-state index contributed by atoms with van der Waals surface area (Å²) in [6, 6.07) is 65.5. The molecule has 4 aliphatic rings. The third kappa shape index (κ3) is 12.8. The molecule has 9 aromatic rings. The van der Waals surface area contributed by atoms with Crippen molar-refractivity contribution in [1.29, 1.82) is 0 Å². The minimum atomic E-state index is -0.534.